The molecule has 0 heterocycles. The number of aromatic hydroxyl groups is 1. The fourth-order valence-electron chi connectivity index (χ4n) is 3.20. The van der Waals surface area contributed by atoms with Gasteiger partial charge in [-0.15, -0.1) is 0 Å². The van der Waals surface area contributed by atoms with E-state index in [0.29, 0.717) is 6.42 Å². The van der Waals surface area contributed by atoms with E-state index in [1.54, 1.807) is 26.8 Å². The highest BCUT2D eigenvalue weighted by atomic mass is 16.6. The van der Waals surface area contributed by atoms with Gasteiger partial charge in [0.25, 0.3) is 0 Å². The van der Waals surface area contributed by atoms with E-state index in [1.807, 2.05) is 19.9 Å². The van der Waals surface area contributed by atoms with E-state index >= 15 is 0 Å². The Labute approximate surface area is 194 Å². The lowest BCUT2D eigenvalue weighted by atomic mass is 10.0. The molecule has 0 bridgehead atoms. The number of aliphatic hydroxyl groups is 1. The second kappa shape index (κ2) is 12.6. The lowest BCUT2D eigenvalue weighted by Gasteiger charge is -2.33. The number of aliphatic hydroxyl groups excluding tert-OH is 1. The highest BCUT2D eigenvalue weighted by Gasteiger charge is 2.36. The molecule has 0 aromatic heterocycles. The van der Waals surface area contributed by atoms with Crippen LogP contribution < -0.4 is 10.6 Å². The second-order valence-electron chi connectivity index (χ2n) is 8.70. The van der Waals surface area contributed by atoms with Crippen LogP contribution in [-0.4, -0.2) is 63.9 Å². The lowest BCUT2D eigenvalue weighted by molar-refractivity contribution is -0.142. The largest absolute Gasteiger partial charge is 0.508 e. The minimum atomic E-state index is -1.45. The molecular formula is C23H34N4O6. The smallest absolute Gasteiger partial charge is 0.408 e. The number of rotatable bonds is 10. The number of alkyl carbamates (subject to hydrolysis) is 1. The molecule has 1 aromatic carbocycles. The number of hydrogen-bond acceptors (Lipinski definition) is 7. The monoisotopic (exact) mass is 462 g/mol. The molecule has 3 atom stereocenters. The van der Waals surface area contributed by atoms with Crippen LogP contribution in [0.5, 0.6) is 5.75 Å². The third-order valence-electron chi connectivity index (χ3n) is 4.55. The molecule has 33 heavy (non-hydrogen) atoms. The molecule has 182 valence electrons. The van der Waals surface area contributed by atoms with Crippen LogP contribution >= 0.6 is 0 Å². The van der Waals surface area contributed by atoms with E-state index in [1.165, 1.54) is 18.2 Å². The average Bonchev–Trinajstić information content (AvgIpc) is 2.70. The third-order valence-corrected chi connectivity index (χ3v) is 4.55. The maximum atomic E-state index is 13.3. The van der Waals surface area contributed by atoms with Gasteiger partial charge in [-0.2, -0.15) is 5.26 Å². The van der Waals surface area contributed by atoms with Crippen molar-refractivity contribution in [1.82, 2.24) is 15.5 Å². The van der Waals surface area contributed by atoms with Gasteiger partial charge in [0, 0.05) is 6.04 Å². The third kappa shape index (κ3) is 8.98. The van der Waals surface area contributed by atoms with Gasteiger partial charge in [-0.25, -0.2) is 4.79 Å². The van der Waals surface area contributed by atoms with Crippen LogP contribution in [0.1, 0.15) is 59.1 Å². The van der Waals surface area contributed by atoms with Crippen molar-refractivity contribution in [3.05, 3.63) is 29.8 Å². The second-order valence-corrected chi connectivity index (χ2v) is 8.70. The summed E-state index contributed by atoms with van der Waals surface area (Å²) in [5, 5.41) is 34.2. The topological polar surface area (TPSA) is 152 Å². The molecule has 0 saturated carbocycles. The Morgan fingerprint density at radius 3 is 2.42 bits per heavy atom. The van der Waals surface area contributed by atoms with E-state index in [0.717, 1.165) is 11.3 Å². The van der Waals surface area contributed by atoms with Crippen LogP contribution in [0, 0.1) is 11.3 Å². The number of phenolic OH excluding ortho intramolecular Hbond substituents is 1. The van der Waals surface area contributed by atoms with Crippen molar-refractivity contribution in [2.24, 2.45) is 0 Å². The molecule has 0 fully saturated rings. The maximum Gasteiger partial charge on any atom is 0.408 e. The van der Waals surface area contributed by atoms with Gasteiger partial charge in [-0.05, 0) is 51.8 Å². The molecule has 0 spiro atoms. The van der Waals surface area contributed by atoms with Gasteiger partial charge < -0.3 is 30.5 Å². The minimum absolute atomic E-state index is 0.123. The van der Waals surface area contributed by atoms with Crippen molar-refractivity contribution in [3.8, 4) is 11.8 Å². The number of hydrogen-bond donors (Lipinski definition) is 4. The van der Waals surface area contributed by atoms with Crippen molar-refractivity contribution >= 4 is 17.9 Å². The molecule has 0 saturated heterocycles. The van der Waals surface area contributed by atoms with Gasteiger partial charge in [-0.3, -0.25) is 9.59 Å². The molecule has 0 aliphatic carbocycles. The summed E-state index contributed by atoms with van der Waals surface area (Å²) in [6, 6.07) is 4.71. The predicted molar refractivity (Wildman–Crippen MR) is 121 cm³/mol. The first kappa shape index (κ1) is 27.7. The Morgan fingerprint density at radius 1 is 1.24 bits per heavy atom. The zero-order valence-corrected chi connectivity index (χ0v) is 19.8. The summed E-state index contributed by atoms with van der Waals surface area (Å²) in [5.41, 5.74) is -0.562. The van der Waals surface area contributed by atoms with Crippen molar-refractivity contribution in [3.63, 3.8) is 0 Å². The van der Waals surface area contributed by atoms with Crippen LogP contribution in [0.15, 0.2) is 24.3 Å². The van der Waals surface area contributed by atoms with Gasteiger partial charge in [0.2, 0.25) is 11.8 Å². The molecule has 0 aliphatic heterocycles. The summed E-state index contributed by atoms with van der Waals surface area (Å²) in [4.78, 5) is 39.6. The molecule has 10 nitrogen and oxygen atoms in total. The van der Waals surface area contributed by atoms with Crippen molar-refractivity contribution < 1.29 is 29.3 Å². The minimum Gasteiger partial charge on any atom is -0.508 e. The highest BCUT2D eigenvalue weighted by Crippen LogP contribution is 2.25. The van der Waals surface area contributed by atoms with E-state index < -0.39 is 48.7 Å². The molecule has 1 aromatic rings. The first-order chi connectivity index (χ1) is 15.4. The zero-order chi connectivity index (χ0) is 25.2. The summed E-state index contributed by atoms with van der Waals surface area (Å²) >= 11 is 0. The lowest BCUT2D eigenvalue weighted by Crippen LogP contribution is -2.55. The molecule has 0 radical (unpaired) electrons. The van der Waals surface area contributed by atoms with Gasteiger partial charge in [0.1, 0.15) is 30.0 Å². The fourth-order valence-corrected chi connectivity index (χ4v) is 3.20. The van der Waals surface area contributed by atoms with Crippen molar-refractivity contribution in [1.29, 1.82) is 5.26 Å². The van der Waals surface area contributed by atoms with Crippen molar-refractivity contribution in [2.45, 2.75) is 71.2 Å². The number of amides is 3. The number of nitrogens with zero attached hydrogens (tertiary/aromatic N) is 2. The summed E-state index contributed by atoms with van der Waals surface area (Å²) in [6.07, 6.45) is 0.594. The van der Waals surface area contributed by atoms with Gasteiger partial charge in [-0.1, -0.05) is 25.5 Å². The fraction of sp³-hybridized carbons (Fsp3) is 0.565. The van der Waals surface area contributed by atoms with E-state index in [-0.39, 0.29) is 17.4 Å². The maximum absolute atomic E-state index is 13.3. The summed E-state index contributed by atoms with van der Waals surface area (Å²) in [5.74, 6) is -1.53. The quantitative estimate of drug-likeness (QED) is 0.388. The van der Waals surface area contributed by atoms with Crippen molar-refractivity contribution in [2.75, 3.05) is 13.2 Å². The van der Waals surface area contributed by atoms with Crippen LogP contribution in [-0.2, 0) is 14.3 Å². The van der Waals surface area contributed by atoms with Gasteiger partial charge in [0.15, 0.2) is 0 Å². The number of ether oxygens (including phenoxy) is 1. The molecular weight excluding hydrogens is 428 g/mol. The molecule has 3 amide bonds. The number of nitriles is 1. The van der Waals surface area contributed by atoms with Gasteiger partial charge >= 0.3 is 6.09 Å². The summed E-state index contributed by atoms with van der Waals surface area (Å²) < 4.78 is 5.14. The SMILES string of the molecule is CCCC(C)NC(=O)C(c1cccc(O)c1)N(CC#N)C(=O)C(CO)NC(=O)OC(C)(C)C. The number of phenols is 1. The Hall–Kier alpha value is -3.32. The molecule has 1 rings (SSSR count). The first-order valence-corrected chi connectivity index (χ1v) is 10.8. The van der Waals surface area contributed by atoms with E-state index in [4.69, 9.17) is 4.74 Å². The molecule has 3 unspecified atom stereocenters. The average molecular weight is 463 g/mol. The number of nitrogens with one attached hydrogen (secondary N) is 2. The number of carbonyl (C=O) groups is 3. The van der Waals surface area contributed by atoms with Crippen LogP contribution in [0.2, 0.25) is 0 Å². The summed E-state index contributed by atoms with van der Waals surface area (Å²) in [7, 11) is 0. The standard InChI is InChI=1S/C23H34N4O6/c1-6-8-15(2)25-20(30)19(16-9-7-10-17(29)13-16)27(12-11-24)21(31)18(14-28)26-22(32)33-23(3,4)5/h7,9-10,13,15,18-19,28-29H,6,8,12,14H2,1-5H3,(H,25,30)(H,26,32). The van der Waals surface area contributed by atoms with Crippen LogP contribution in [0.25, 0.3) is 0 Å². The van der Waals surface area contributed by atoms with Crippen LogP contribution in [0.4, 0.5) is 4.79 Å². The Morgan fingerprint density at radius 2 is 1.91 bits per heavy atom. The molecule has 10 heteroatoms. The van der Waals surface area contributed by atoms with Crippen LogP contribution in [0.3, 0.4) is 0 Å². The molecule has 4 N–H and O–H groups in total. The Kier molecular flexibility index (Phi) is 10.6. The molecule has 0 aliphatic rings. The highest BCUT2D eigenvalue weighted by molar-refractivity contribution is 5.92. The van der Waals surface area contributed by atoms with E-state index in [9.17, 15) is 29.9 Å². The normalized spacial score (nSPS) is 13.7. The van der Waals surface area contributed by atoms with Gasteiger partial charge in [0.05, 0.1) is 12.7 Å². The predicted octanol–water partition coefficient (Wildman–Crippen LogP) is 1.98. The first-order valence-electron chi connectivity index (χ1n) is 10.8. The van der Waals surface area contributed by atoms with E-state index in [2.05, 4.69) is 10.6 Å². The Balaban J connectivity index is 3.33. The Bertz CT molecular complexity index is 861. The zero-order valence-electron chi connectivity index (χ0n) is 19.8. The summed E-state index contributed by atoms with van der Waals surface area (Å²) in [6.45, 7) is 7.44. The number of carbonyl (C=O) groups excluding carboxylic acids is 3. The number of benzene rings is 1.